The third kappa shape index (κ3) is 2.73. The summed E-state index contributed by atoms with van der Waals surface area (Å²) in [6, 6.07) is 18.4. The predicted octanol–water partition coefficient (Wildman–Crippen LogP) is 3.91. The van der Waals surface area contributed by atoms with Crippen molar-refractivity contribution in [2.24, 2.45) is 12.8 Å². The SMILES string of the molecule is Cc1c(-c2c(-c3ccc4c(=O)[nH]nc(CN)c4c3)cnn2C)ccc2ccccc12. The first kappa shape index (κ1) is 18.3. The zero-order chi connectivity index (χ0) is 20.8. The third-order valence-electron chi connectivity index (χ3n) is 5.76. The van der Waals surface area contributed by atoms with E-state index in [0.29, 0.717) is 11.1 Å². The molecule has 5 rings (SSSR count). The molecule has 0 saturated heterocycles. The molecule has 0 aliphatic rings. The van der Waals surface area contributed by atoms with Gasteiger partial charge in [-0.3, -0.25) is 9.48 Å². The highest BCUT2D eigenvalue weighted by atomic mass is 16.1. The van der Waals surface area contributed by atoms with Gasteiger partial charge in [0, 0.05) is 30.1 Å². The van der Waals surface area contributed by atoms with Crippen molar-refractivity contribution in [3.05, 3.63) is 82.4 Å². The van der Waals surface area contributed by atoms with Crippen LogP contribution in [0.5, 0.6) is 0 Å². The minimum absolute atomic E-state index is 0.217. The van der Waals surface area contributed by atoms with E-state index in [1.54, 1.807) is 0 Å². The highest BCUT2D eigenvalue weighted by Gasteiger charge is 2.17. The van der Waals surface area contributed by atoms with Gasteiger partial charge in [-0.05, 0) is 41.0 Å². The molecular formula is C24H21N5O. The molecule has 3 aromatic carbocycles. The minimum atomic E-state index is -0.217. The second-order valence-electron chi connectivity index (χ2n) is 7.45. The summed E-state index contributed by atoms with van der Waals surface area (Å²) in [7, 11) is 1.95. The molecule has 30 heavy (non-hydrogen) atoms. The van der Waals surface area contributed by atoms with Gasteiger partial charge in [-0.2, -0.15) is 10.2 Å². The zero-order valence-electron chi connectivity index (χ0n) is 16.8. The van der Waals surface area contributed by atoms with Crippen molar-refractivity contribution in [1.82, 2.24) is 20.0 Å². The molecular weight excluding hydrogens is 374 g/mol. The summed E-state index contributed by atoms with van der Waals surface area (Å²) in [4.78, 5) is 12.2. The number of nitrogens with one attached hydrogen (secondary N) is 1. The topological polar surface area (TPSA) is 89.6 Å². The molecule has 0 fully saturated rings. The van der Waals surface area contributed by atoms with Crippen molar-refractivity contribution in [2.45, 2.75) is 13.5 Å². The third-order valence-corrected chi connectivity index (χ3v) is 5.76. The van der Waals surface area contributed by atoms with Gasteiger partial charge in [-0.15, -0.1) is 0 Å². The Labute approximate surface area is 173 Å². The van der Waals surface area contributed by atoms with Gasteiger partial charge in [-0.25, -0.2) is 5.10 Å². The molecule has 5 aromatic rings. The molecule has 6 heteroatoms. The summed E-state index contributed by atoms with van der Waals surface area (Å²) in [6.07, 6.45) is 1.87. The Morgan fingerprint density at radius 3 is 2.67 bits per heavy atom. The van der Waals surface area contributed by atoms with E-state index in [0.717, 1.165) is 27.8 Å². The molecule has 0 aliphatic carbocycles. The van der Waals surface area contributed by atoms with Crippen LogP contribution < -0.4 is 11.3 Å². The van der Waals surface area contributed by atoms with Crippen LogP contribution in [0.2, 0.25) is 0 Å². The summed E-state index contributed by atoms with van der Waals surface area (Å²) in [5.41, 5.74) is 11.6. The van der Waals surface area contributed by atoms with E-state index >= 15 is 0 Å². The molecule has 0 saturated carbocycles. The number of aromatic nitrogens is 4. The molecule has 0 radical (unpaired) electrons. The number of aromatic amines is 1. The van der Waals surface area contributed by atoms with Gasteiger partial charge in [-0.1, -0.05) is 42.5 Å². The molecule has 0 atom stereocenters. The number of aryl methyl sites for hydroxylation is 2. The van der Waals surface area contributed by atoms with Crippen molar-refractivity contribution < 1.29 is 0 Å². The quantitative estimate of drug-likeness (QED) is 0.485. The first-order valence-electron chi connectivity index (χ1n) is 9.81. The van der Waals surface area contributed by atoms with E-state index in [-0.39, 0.29) is 12.1 Å². The number of nitrogens with zero attached hydrogens (tertiary/aromatic N) is 3. The maximum Gasteiger partial charge on any atom is 0.272 e. The average molecular weight is 395 g/mol. The fourth-order valence-corrected chi connectivity index (χ4v) is 4.19. The van der Waals surface area contributed by atoms with E-state index in [9.17, 15) is 4.79 Å². The van der Waals surface area contributed by atoms with Crippen LogP contribution in [0.4, 0.5) is 0 Å². The highest BCUT2D eigenvalue weighted by Crippen LogP contribution is 2.37. The van der Waals surface area contributed by atoms with Gasteiger partial charge < -0.3 is 5.73 Å². The van der Waals surface area contributed by atoms with Gasteiger partial charge >= 0.3 is 0 Å². The minimum Gasteiger partial charge on any atom is -0.325 e. The number of fused-ring (bicyclic) bond motifs is 2. The molecule has 3 N–H and O–H groups in total. The van der Waals surface area contributed by atoms with E-state index in [1.165, 1.54) is 16.3 Å². The fourth-order valence-electron chi connectivity index (χ4n) is 4.19. The number of rotatable bonds is 3. The van der Waals surface area contributed by atoms with Gasteiger partial charge in [0.25, 0.3) is 5.56 Å². The summed E-state index contributed by atoms with van der Waals surface area (Å²) in [5, 5.41) is 15.0. The molecule has 2 aromatic heterocycles. The molecule has 148 valence electrons. The number of hydrogen-bond donors (Lipinski definition) is 2. The van der Waals surface area contributed by atoms with Crippen LogP contribution in [0, 0.1) is 6.92 Å². The van der Waals surface area contributed by atoms with E-state index in [4.69, 9.17) is 5.73 Å². The fraction of sp³-hybridized carbons (Fsp3) is 0.125. The second-order valence-corrected chi connectivity index (χ2v) is 7.45. The van der Waals surface area contributed by atoms with Gasteiger partial charge in [0.05, 0.1) is 23.0 Å². The first-order valence-corrected chi connectivity index (χ1v) is 9.81. The molecule has 0 aliphatic heterocycles. The maximum absolute atomic E-state index is 12.2. The van der Waals surface area contributed by atoms with Crippen molar-refractivity contribution in [2.75, 3.05) is 0 Å². The Kier molecular flexibility index (Phi) is 4.22. The monoisotopic (exact) mass is 395 g/mol. The molecule has 0 unspecified atom stereocenters. The summed E-state index contributed by atoms with van der Waals surface area (Å²) in [6.45, 7) is 2.39. The van der Waals surface area contributed by atoms with Crippen LogP contribution in [0.15, 0.2) is 65.6 Å². The van der Waals surface area contributed by atoms with Crippen LogP contribution in [-0.2, 0) is 13.6 Å². The van der Waals surface area contributed by atoms with Gasteiger partial charge in [0.2, 0.25) is 0 Å². The Hall–Kier alpha value is -3.77. The predicted molar refractivity (Wildman–Crippen MR) is 120 cm³/mol. The lowest BCUT2D eigenvalue weighted by Crippen LogP contribution is -2.13. The summed E-state index contributed by atoms with van der Waals surface area (Å²) < 4.78 is 1.90. The van der Waals surface area contributed by atoms with Crippen molar-refractivity contribution in [3.8, 4) is 22.4 Å². The smallest absolute Gasteiger partial charge is 0.272 e. The maximum atomic E-state index is 12.2. The van der Waals surface area contributed by atoms with Crippen LogP contribution in [-0.4, -0.2) is 20.0 Å². The molecule has 6 nitrogen and oxygen atoms in total. The largest absolute Gasteiger partial charge is 0.325 e. The highest BCUT2D eigenvalue weighted by molar-refractivity contribution is 5.95. The molecule has 0 amide bonds. The Morgan fingerprint density at radius 1 is 1.00 bits per heavy atom. The number of hydrogen-bond acceptors (Lipinski definition) is 4. The lowest BCUT2D eigenvalue weighted by molar-refractivity contribution is 0.775. The number of benzene rings is 3. The van der Waals surface area contributed by atoms with Crippen LogP contribution in [0.25, 0.3) is 43.9 Å². The number of nitrogens with two attached hydrogens (primary N) is 1. The first-order chi connectivity index (χ1) is 14.6. The van der Waals surface area contributed by atoms with Crippen LogP contribution in [0.1, 0.15) is 11.3 Å². The van der Waals surface area contributed by atoms with Crippen molar-refractivity contribution >= 4 is 21.5 Å². The summed E-state index contributed by atoms with van der Waals surface area (Å²) >= 11 is 0. The van der Waals surface area contributed by atoms with E-state index in [1.807, 2.05) is 36.1 Å². The average Bonchev–Trinajstić information content (AvgIpc) is 3.15. The lowest BCUT2D eigenvalue weighted by Gasteiger charge is -2.13. The lowest BCUT2D eigenvalue weighted by atomic mass is 9.93. The Morgan fingerprint density at radius 2 is 1.83 bits per heavy atom. The Balaban J connectivity index is 1.76. The molecule has 0 spiro atoms. The van der Waals surface area contributed by atoms with Crippen molar-refractivity contribution in [1.29, 1.82) is 0 Å². The molecule has 2 heterocycles. The van der Waals surface area contributed by atoms with Crippen molar-refractivity contribution in [3.63, 3.8) is 0 Å². The summed E-state index contributed by atoms with van der Waals surface area (Å²) in [5.74, 6) is 0. The van der Waals surface area contributed by atoms with Gasteiger partial charge in [0.1, 0.15) is 0 Å². The standard InChI is InChI=1S/C24H21N5O/c1-14-17-6-4-3-5-15(17)7-9-18(14)23-21(13-26-29(23)2)16-8-10-19-20(11-16)22(12-25)27-28-24(19)30/h3-11,13H,12,25H2,1-2H3,(H,28,30). The molecule has 0 bridgehead atoms. The van der Waals surface area contributed by atoms with Crippen LogP contribution in [0.3, 0.4) is 0 Å². The number of H-pyrrole nitrogens is 1. The van der Waals surface area contributed by atoms with Gasteiger partial charge in [0.15, 0.2) is 0 Å². The normalized spacial score (nSPS) is 11.4. The van der Waals surface area contributed by atoms with Crippen LogP contribution >= 0.6 is 0 Å². The Bertz CT molecular complexity index is 1480. The second kappa shape index (κ2) is 6.93. The van der Waals surface area contributed by atoms with E-state index in [2.05, 4.69) is 58.6 Å². The zero-order valence-corrected chi connectivity index (χ0v) is 16.8. The van der Waals surface area contributed by atoms with E-state index < -0.39 is 0 Å².